The molecule has 3 saturated carbocycles. The quantitative estimate of drug-likeness (QED) is 0.625. The van der Waals surface area contributed by atoms with Crippen LogP contribution in [-0.2, 0) is 9.59 Å². The molecule has 0 spiro atoms. The van der Waals surface area contributed by atoms with Crippen LogP contribution in [0, 0.1) is 11.3 Å². The minimum absolute atomic E-state index is 0.113. The van der Waals surface area contributed by atoms with Gasteiger partial charge in [-0.15, -0.1) is 5.10 Å². The smallest absolute Gasteiger partial charge is 0.248 e. The molecule has 186 valence electrons. The first-order chi connectivity index (χ1) is 16.1. The number of hydrogen-bond acceptors (Lipinski definition) is 6. The number of carbonyl (C=O) groups is 2. The Hall–Kier alpha value is -2.00. The molecule has 3 aliphatic carbocycles. The molecule has 2 N–H and O–H groups in total. The summed E-state index contributed by atoms with van der Waals surface area (Å²) in [7, 11) is 0. The number of hydrogen-bond donors (Lipinski definition) is 2. The van der Waals surface area contributed by atoms with Crippen molar-refractivity contribution in [1.29, 1.82) is 0 Å². The fourth-order valence-corrected chi connectivity index (χ4v) is 6.71. The fraction of sp³-hybridized carbons (Fsp3) is 0.840. The molecule has 3 saturated heterocycles. The molecule has 2 unspecified atom stereocenters. The zero-order valence-electron chi connectivity index (χ0n) is 20.6. The van der Waals surface area contributed by atoms with Crippen LogP contribution in [0.4, 0.5) is 0 Å². The second-order valence-electron chi connectivity index (χ2n) is 12.7. The van der Waals surface area contributed by atoms with Crippen molar-refractivity contribution >= 4 is 11.8 Å². The third-order valence-electron chi connectivity index (χ3n) is 8.69. The second-order valence-corrected chi connectivity index (χ2v) is 12.7. The lowest BCUT2D eigenvalue weighted by Gasteiger charge is -2.43. The topological polar surface area (TPSA) is 104 Å². The Morgan fingerprint density at radius 3 is 2.59 bits per heavy atom. The lowest BCUT2D eigenvalue weighted by Crippen LogP contribution is -2.57. The third-order valence-corrected chi connectivity index (χ3v) is 8.69. The number of rotatable bonds is 7. The van der Waals surface area contributed by atoms with Crippen molar-refractivity contribution in [3.8, 4) is 0 Å². The molecule has 6 fully saturated rings. The summed E-state index contributed by atoms with van der Waals surface area (Å²) in [4.78, 5) is 31.4. The molecule has 9 nitrogen and oxygen atoms in total. The molecule has 3 atom stereocenters. The first-order valence-electron chi connectivity index (χ1n) is 13.1. The molecule has 1 aromatic rings. The molecule has 9 heteroatoms. The Bertz CT molecular complexity index is 972. The van der Waals surface area contributed by atoms with Gasteiger partial charge in [0.2, 0.25) is 11.8 Å². The van der Waals surface area contributed by atoms with E-state index in [1.165, 1.54) is 32.2 Å². The van der Waals surface area contributed by atoms with Crippen LogP contribution < -0.4 is 5.32 Å². The molecule has 3 aliphatic heterocycles. The van der Waals surface area contributed by atoms with Crippen molar-refractivity contribution in [2.45, 2.75) is 101 Å². The number of aliphatic hydroxyl groups is 1. The number of nitrogens with one attached hydrogen (secondary N) is 1. The monoisotopic (exact) mass is 470 g/mol. The summed E-state index contributed by atoms with van der Waals surface area (Å²) >= 11 is 0. The number of carbonyl (C=O) groups excluding carboxylic acids is 2. The molecular formula is C25H38N6O3. The summed E-state index contributed by atoms with van der Waals surface area (Å²) < 4.78 is 1.68. The van der Waals surface area contributed by atoms with E-state index in [0.717, 1.165) is 24.5 Å². The highest BCUT2D eigenvalue weighted by Gasteiger charge is 2.59. The predicted octanol–water partition coefficient (Wildman–Crippen LogP) is 1.45. The van der Waals surface area contributed by atoms with Gasteiger partial charge in [0.15, 0.2) is 0 Å². The average molecular weight is 471 g/mol. The maximum atomic E-state index is 13.9. The van der Waals surface area contributed by atoms with Gasteiger partial charge in [0.1, 0.15) is 12.1 Å². The van der Waals surface area contributed by atoms with Crippen LogP contribution in [0.2, 0.25) is 0 Å². The van der Waals surface area contributed by atoms with E-state index in [9.17, 15) is 14.7 Å². The van der Waals surface area contributed by atoms with Crippen molar-refractivity contribution in [2.24, 2.45) is 11.3 Å². The summed E-state index contributed by atoms with van der Waals surface area (Å²) in [6, 6.07) is -0.535. The largest absolute Gasteiger partial charge is 0.391 e. The van der Waals surface area contributed by atoms with Gasteiger partial charge in [-0.05, 0) is 49.9 Å². The molecule has 2 amide bonds. The zero-order valence-corrected chi connectivity index (χ0v) is 20.6. The van der Waals surface area contributed by atoms with Crippen molar-refractivity contribution in [3.05, 3.63) is 11.9 Å². The molecule has 1 aromatic heterocycles. The van der Waals surface area contributed by atoms with Gasteiger partial charge < -0.3 is 15.3 Å². The van der Waals surface area contributed by atoms with Crippen molar-refractivity contribution in [2.75, 3.05) is 19.6 Å². The molecule has 4 heterocycles. The van der Waals surface area contributed by atoms with Gasteiger partial charge >= 0.3 is 0 Å². The Morgan fingerprint density at radius 2 is 1.94 bits per heavy atom. The van der Waals surface area contributed by atoms with E-state index in [0.29, 0.717) is 18.5 Å². The summed E-state index contributed by atoms with van der Waals surface area (Å²) in [5, 5.41) is 22.3. The van der Waals surface area contributed by atoms with E-state index in [1.54, 1.807) is 9.58 Å². The molecule has 2 bridgehead atoms. The molecule has 7 rings (SSSR count). The van der Waals surface area contributed by atoms with E-state index in [1.807, 2.05) is 27.0 Å². The first kappa shape index (κ1) is 22.5. The molecule has 34 heavy (non-hydrogen) atoms. The van der Waals surface area contributed by atoms with Gasteiger partial charge in [-0.1, -0.05) is 26.0 Å². The molecule has 0 aromatic carbocycles. The van der Waals surface area contributed by atoms with Gasteiger partial charge in [0, 0.05) is 49.8 Å². The van der Waals surface area contributed by atoms with Crippen LogP contribution in [0.3, 0.4) is 0 Å². The van der Waals surface area contributed by atoms with Crippen molar-refractivity contribution in [1.82, 2.24) is 30.1 Å². The highest BCUT2D eigenvalue weighted by Crippen LogP contribution is 2.54. The number of aliphatic hydroxyl groups excluding tert-OH is 1. The third kappa shape index (κ3) is 3.85. The predicted molar refractivity (Wildman–Crippen MR) is 125 cm³/mol. The maximum absolute atomic E-state index is 13.9. The highest BCUT2D eigenvalue weighted by atomic mass is 16.3. The normalized spacial score (nSPS) is 34.2. The van der Waals surface area contributed by atoms with Crippen LogP contribution in [0.5, 0.6) is 0 Å². The van der Waals surface area contributed by atoms with Gasteiger partial charge in [0.05, 0.1) is 11.8 Å². The number of amides is 2. The van der Waals surface area contributed by atoms with E-state index >= 15 is 0 Å². The number of aromatic nitrogens is 3. The fourth-order valence-electron chi connectivity index (χ4n) is 6.71. The van der Waals surface area contributed by atoms with Crippen molar-refractivity contribution in [3.63, 3.8) is 0 Å². The van der Waals surface area contributed by atoms with E-state index in [2.05, 4.69) is 20.5 Å². The first-order valence-corrected chi connectivity index (χ1v) is 13.1. The van der Waals surface area contributed by atoms with Gasteiger partial charge in [0.25, 0.3) is 0 Å². The van der Waals surface area contributed by atoms with Gasteiger partial charge in [-0.25, -0.2) is 4.68 Å². The van der Waals surface area contributed by atoms with Crippen LogP contribution in [0.1, 0.15) is 83.4 Å². The number of β-amino-alcohol motifs (C(OH)–C–C–N with tert-alkyl or cyclic N) is 1. The summed E-state index contributed by atoms with van der Waals surface area (Å²) in [5.41, 5.74) is 0.628. The minimum Gasteiger partial charge on any atom is -0.391 e. The van der Waals surface area contributed by atoms with Crippen LogP contribution in [0.25, 0.3) is 0 Å². The molecule has 0 radical (unpaired) electrons. The summed E-state index contributed by atoms with van der Waals surface area (Å²) in [6.45, 7) is 8.01. The summed E-state index contributed by atoms with van der Waals surface area (Å²) in [6.07, 6.45) is 8.60. The Kier molecular flexibility index (Phi) is 5.12. The lowest BCUT2D eigenvalue weighted by atomic mass is 9.73. The molecule has 6 aliphatic rings. The zero-order chi connectivity index (χ0) is 23.8. The maximum Gasteiger partial charge on any atom is 0.248 e. The minimum atomic E-state index is -0.696. The van der Waals surface area contributed by atoms with E-state index in [4.69, 9.17) is 0 Å². The Labute approximate surface area is 201 Å². The number of nitrogens with zero attached hydrogens (tertiary/aromatic N) is 5. The number of likely N-dealkylation sites (tertiary alicyclic amines) is 1. The van der Waals surface area contributed by atoms with E-state index < -0.39 is 23.6 Å². The average Bonchev–Trinajstić information content (AvgIpc) is 3.62. The SMILES string of the molecule is CC(C)(C)[C@@H](C(=O)N1CC(O)CC1C(=O)NCC12CC(CN1C1CC1)C2)n1cc(C2CC2)nn1. The van der Waals surface area contributed by atoms with Crippen LogP contribution >= 0.6 is 0 Å². The van der Waals surface area contributed by atoms with E-state index in [-0.39, 0.29) is 30.3 Å². The number of fused-ring (bicyclic) bond motifs is 1. The van der Waals surface area contributed by atoms with Gasteiger partial charge in [-0.2, -0.15) is 0 Å². The Morgan fingerprint density at radius 1 is 1.21 bits per heavy atom. The van der Waals surface area contributed by atoms with Crippen LogP contribution in [0.15, 0.2) is 6.20 Å². The summed E-state index contributed by atoms with van der Waals surface area (Å²) in [5.74, 6) is 0.918. The Balaban J connectivity index is 1.17. The second kappa shape index (κ2) is 7.75. The van der Waals surface area contributed by atoms with Crippen LogP contribution in [-0.4, -0.2) is 85.1 Å². The lowest BCUT2D eigenvalue weighted by molar-refractivity contribution is -0.144. The van der Waals surface area contributed by atoms with Gasteiger partial charge in [-0.3, -0.25) is 14.5 Å². The molecular weight excluding hydrogens is 432 g/mol. The standard InChI is InChI=1S/C25H38N6O3/c1-24(2,3)21(31-13-19(27-28-31)16-4-5-16)23(34)29-12-18(32)8-20(29)22(33)26-14-25-9-15(10-25)11-30(25)17-6-7-17/h13,15-18,20-21,32H,4-12,14H2,1-3H3,(H,26,33)/t15?,18?,20?,21-,25?/m1/s1. The highest BCUT2D eigenvalue weighted by molar-refractivity contribution is 5.90. The van der Waals surface area contributed by atoms with Crippen molar-refractivity contribution < 1.29 is 14.7 Å².